The third kappa shape index (κ3) is 4.07. The predicted molar refractivity (Wildman–Crippen MR) is 76.0 cm³/mol. The molecule has 0 aliphatic heterocycles. The smallest absolute Gasteiger partial charge is 0.0941 e. The Balaban J connectivity index is 1.77. The van der Waals surface area contributed by atoms with Crippen molar-refractivity contribution in [2.24, 2.45) is 0 Å². The van der Waals surface area contributed by atoms with E-state index < -0.39 is 0 Å². The Kier molecular flexibility index (Phi) is 4.98. The fourth-order valence-electron chi connectivity index (χ4n) is 1.56. The lowest BCUT2D eigenvalue weighted by atomic mass is 10.3. The molecule has 0 saturated carbocycles. The van der Waals surface area contributed by atoms with Gasteiger partial charge in [-0.1, -0.05) is 6.07 Å². The van der Waals surface area contributed by atoms with E-state index in [1.807, 2.05) is 16.7 Å². The van der Waals surface area contributed by atoms with Gasteiger partial charge in [0.15, 0.2) is 0 Å². The number of halogens is 1. The minimum atomic E-state index is 0.515. The molecule has 2 nitrogen and oxygen atoms in total. The highest BCUT2D eigenvalue weighted by atomic mass is 35.5. The van der Waals surface area contributed by atoms with Crippen molar-refractivity contribution in [2.75, 3.05) is 13.6 Å². The average molecular weight is 287 g/mol. The minimum Gasteiger partial charge on any atom is -0.301 e. The van der Waals surface area contributed by atoms with E-state index in [1.165, 1.54) is 9.88 Å². The number of aromatic nitrogens is 1. The Bertz CT molecular complexity index is 439. The SMILES string of the molecule is CN(CCc1nc(CCl)cs1)Cc1cccs1. The van der Waals surface area contributed by atoms with Crippen molar-refractivity contribution < 1.29 is 0 Å². The molecule has 17 heavy (non-hydrogen) atoms. The predicted octanol–water partition coefficient (Wildman–Crippen LogP) is 3.62. The zero-order valence-electron chi connectivity index (χ0n) is 9.73. The van der Waals surface area contributed by atoms with Crippen molar-refractivity contribution in [3.8, 4) is 0 Å². The molecular weight excluding hydrogens is 272 g/mol. The standard InChI is InChI=1S/C12H15ClN2S2/c1-15(8-11-3-2-6-16-11)5-4-12-14-10(7-13)9-17-12/h2-3,6,9H,4-5,7-8H2,1H3. The molecule has 0 aliphatic rings. The van der Waals surface area contributed by atoms with Crippen molar-refractivity contribution in [3.63, 3.8) is 0 Å². The second-order valence-corrected chi connectivity index (χ2v) is 6.18. The third-order valence-electron chi connectivity index (χ3n) is 2.45. The number of thiophene rings is 1. The van der Waals surface area contributed by atoms with Gasteiger partial charge in [0.25, 0.3) is 0 Å². The summed E-state index contributed by atoms with van der Waals surface area (Å²) in [4.78, 5) is 8.20. The summed E-state index contributed by atoms with van der Waals surface area (Å²) in [6, 6.07) is 4.28. The maximum atomic E-state index is 5.73. The lowest BCUT2D eigenvalue weighted by molar-refractivity contribution is 0.334. The second kappa shape index (κ2) is 6.50. The molecule has 0 fully saturated rings. The molecule has 0 amide bonds. The molecule has 0 saturated heterocycles. The lowest BCUT2D eigenvalue weighted by Crippen LogP contribution is -2.20. The van der Waals surface area contributed by atoms with Crippen molar-refractivity contribution in [3.05, 3.63) is 38.5 Å². The molecule has 2 heterocycles. The first-order valence-electron chi connectivity index (χ1n) is 5.48. The van der Waals surface area contributed by atoms with Crippen LogP contribution in [0.5, 0.6) is 0 Å². The maximum absolute atomic E-state index is 5.73. The normalized spacial score (nSPS) is 11.2. The molecular formula is C12H15ClN2S2. The van der Waals surface area contributed by atoms with E-state index in [1.54, 1.807) is 11.3 Å². The van der Waals surface area contributed by atoms with E-state index >= 15 is 0 Å². The van der Waals surface area contributed by atoms with Crippen molar-refractivity contribution in [2.45, 2.75) is 18.8 Å². The number of hydrogen-bond acceptors (Lipinski definition) is 4. The van der Waals surface area contributed by atoms with Gasteiger partial charge in [0.05, 0.1) is 16.6 Å². The maximum Gasteiger partial charge on any atom is 0.0941 e. The van der Waals surface area contributed by atoms with Crippen LogP contribution in [-0.4, -0.2) is 23.5 Å². The van der Waals surface area contributed by atoms with Gasteiger partial charge in [0.1, 0.15) is 0 Å². The van der Waals surface area contributed by atoms with Gasteiger partial charge in [-0.05, 0) is 18.5 Å². The van der Waals surface area contributed by atoms with Crippen LogP contribution >= 0.6 is 34.3 Å². The van der Waals surface area contributed by atoms with Crippen LogP contribution in [-0.2, 0) is 18.8 Å². The zero-order valence-corrected chi connectivity index (χ0v) is 12.1. The second-order valence-electron chi connectivity index (χ2n) is 3.93. The van der Waals surface area contributed by atoms with Crippen LogP contribution < -0.4 is 0 Å². The number of likely N-dealkylation sites (N-methyl/N-ethyl adjacent to an activating group) is 1. The first-order valence-corrected chi connectivity index (χ1v) is 7.77. The van der Waals surface area contributed by atoms with E-state index in [2.05, 4.69) is 34.4 Å². The number of thiazole rings is 1. The van der Waals surface area contributed by atoms with Crippen LogP contribution in [0.2, 0.25) is 0 Å². The molecule has 0 radical (unpaired) electrons. The fourth-order valence-corrected chi connectivity index (χ4v) is 3.36. The van der Waals surface area contributed by atoms with Gasteiger partial charge in [-0.25, -0.2) is 4.98 Å². The summed E-state index contributed by atoms with van der Waals surface area (Å²) in [5.74, 6) is 0.515. The minimum absolute atomic E-state index is 0.515. The zero-order chi connectivity index (χ0) is 12.1. The summed E-state index contributed by atoms with van der Waals surface area (Å²) in [7, 11) is 2.15. The summed E-state index contributed by atoms with van der Waals surface area (Å²) in [6.45, 7) is 2.05. The fraction of sp³-hybridized carbons (Fsp3) is 0.417. The molecule has 2 rings (SSSR count). The van der Waals surface area contributed by atoms with Gasteiger partial charge in [-0.15, -0.1) is 34.3 Å². The Labute approximate surface area is 115 Å². The summed E-state index contributed by atoms with van der Waals surface area (Å²) in [5, 5.41) is 5.34. The quantitative estimate of drug-likeness (QED) is 0.754. The Morgan fingerprint density at radius 2 is 2.29 bits per heavy atom. The van der Waals surface area contributed by atoms with E-state index in [-0.39, 0.29) is 0 Å². The number of rotatable bonds is 6. The van der Waals surface area contributed by atoms with Gasteiger partial charge in [0, 0.05) is 29.8 Å². The highest BCUT2D eigenvalue weighted by Gasteiger charge is 2.04. The Hall–Kier alpha value is -0.420. The Morgan fingerprint density at radius 1 is 1.41 bits per heavy atom. The van der Waals surface area contributed by atoms with Crippen LogP contribution in [0, 0.1) is 0 Å². The highest BCUT2D eigenvalue weighted by molar-refractivity contribution is 7.10. The molecule has 0 aliphatic carbocycles. The van der Waals surface area contributed by atoms with Crippen molar-refractivity contribution in [1.29, 1.82) is 0 Å². The first kappa shape index (κ1) is 13.0. The third-order valence-corrected chi connectivity index (χ3v) is 4.54. The molecule has 0 spiro atoms. The van der Waals surface area contributed by atoms with Gasteiger partial charge >= 0.3 is 0 Å². The summed E-state index contributed by atoms with van der Waals surface area (Å²) >= 11 is 9.25. The molecule has 0 aromatic carbocycles. The first-order chi connectivity index (χ1) is 8.28. The van der Waals surface area contributed by atoms with Crippen molar-refractivity contribution in [1.82, 2.24) is 9.88 Å². The van der Waals surface area contributed by atoms with Crippen LogP contribution in [0.25, 0.3) is 0 Å². The molecule has 0 atom stereocenters. The largest absolute Gasteiger partial charge is 0.301 e. The summed E-state index contributed by atoms with van der Waals surface area (Å²) in [6.07, 6.45) is 1.00. The van der Waals surface area contributed by atoms with Gasteiger partial charge < -0.3 is 4.90 Å². The highest BCUT2D eigenvalue weighted by Crippen LogP contribution is 2.14. The molecule has 92 valence electrons. The van der Waals surface area contributed by atoms with Gasteiger partial charge in [-0.3, -0.25) is 0 Å². The van der Waals surface area contributed by atoms with Gasteiger partial charge in [0.2, 0.25) is 0 Å². The molecule has 2 aromatic rings. The summed E-state index contributed by atoms with van der Waals surface area (Å²) < 4.78 is 0. The van der Waals surface area contributed by atoms with E-state index in [4.69, 9.17) is 11.6 Å². The Morgan fingerprint density at radius 3 is 2.94 bits per heavy atom. The topological polar surface area (TPSA) is 16.1 Å². The van der Waals surface area contributed by atoms with Crippen LogP contribution in [0.4, 0.5) is 0 Å². The van der Waals surface area contributed by atoms with E-state index in [0.717, 1.165) is 25.2 Å². The van der Waals surface area contributed by atoms with Crippen LogP contribution in [0.3, 0.4) is 0 Å². The monoisotopic (exact) mass is 286 g/mol. The number of alkyl halides is 1. The number of hydrogen-bond donors (Lipinski definition) is 0. The molecule has 0 N–H and O–H groups in total. The van der Waals surface area contributed by atoms with Crippen molar-refractivity contribution >= 4 is 34.3 Å². The molecule has 5 heteroatoms. The van der Waals surface area contributed by atoms with Crippen LogP contribution in [0.1, 0.15) is 15.6 Å². The molecule has 0 unspecified atom stereocenters. The van der Waals surface area contributed by atoms with E-state index in [9.17, 15) is 0 Å². The van der Waals surface area contributed by atoms with Crippen LogP contribution in [0.15, 0.2) is 22.9 Å². The molecule has 2 aromatic heterocycles. The molecule has 0 bridgehead atoms. The average Bonchev–Trinajstić information content (AvgIpc) is 2.96. The number of nitrogens with zero attached hydrogens (tertiary/aromatic N) is 2. The van der Waals surface area contributed by atoms with E-state index in [0.29, 0.717) is 5.88 Å². The summed E-state index contributed by atoms with van der Waals surface area (Å²) in [5.41, 5.74) is 0.993. The lowest BCUT2D eigenvalue weighted by Gasteiger charge is -2.14. The van der Waals surface area contributed by atoms with Gasteiger partial charge in [-0.2, -0.15) is 0 Å².